The monoisotopic (exact) mass is 461 g/mol. The number of hydrogen-bond donors (Lipinski definition) is 2. The standard InChI is InChI=1S/C12H14Br3NO.ClH/c13-7-5-8(14)12(17)10(15)9(7)11(16)6-3-1-2-4-6;/h5-6,11,17H,1-4,16H2;1H/t11-;/m1./s1. The van der Waals surface area contributed by atoms with Gasteiger partial charge in [0.1, 0.15) is 5.75 Å². The highest BCUT2D eigenvalue weighted by atomic mass is 79.9. The molecule has 1 atom stereocenters. The molecule has 0 amide bonds. The third-order valence-electron chi connectivity index (χ3n) is 3.42. The fourth-order valence-electron chi connectivity index (χ4n) is 2.45. The largest absolute Gasteiger partial charge is 0.506 e. The number of rotatable bonds is 2. The molecule has 1 aromatic rings. The minimum Gasteiger partial charge on any atom is -0.506 e. The normalized spacial score (nSPS) is 17.6. The molecule has 1 aromatic carbocycles. The lowest BCUT2D eigenvalue weighted by molar-refractivity contribution is 0.433. The molecule has 3 N–H and O–H groups in total. The van der Waals surface area contributed by atoms with E-state index in [4.69, 9.17) is 5.73 Å². The summed E-state index contributed by atoms with van der Waals surface area (Å²) in [6, 6.07) is 1.82. The second-order valence-corrected chi connectivity index (χ2v) is 6.99. The van der Waals surface area contributed by atoms with Gasteiger partial charge in [-0.3, -0.25) is 0 Å². The van der Waals surface area contributed by atoms with Crippen LogP contribution in [0.25, 0.3) is 0 Å². The first-order valence-corrected chi connectivity index (χ1v) is 8.02. The van der Waals surface area contributed by atoms with Gasteiger partial charge in [0.05, 0.1) is 8.95 Å². The summed E-state index contributed by atoms with van der Waals surface area (Å²) in [6.07, 6.45) is 4.87. The predicted octanol–water partition coefficient (Wildman–Crippen LogP) is 5.29. The first-order valence-electron chi connectivity index (χ1n) is 5.64. The molecule has 0 radical (unpaired) electrons. The van der Waals surface area contributed by atoms with Crippen LogP contribution >= 0.6 is 60.2 Å². The van der Waals surface area contributed by atoms with Gasteiger partial charge in [-0.25, -0.2) is 0 Å². The van der Waals surface area contributed by atoms with Crippen molar-refractivity contribution in [1.29, 1.82) is 0 Å². The lowest BCUT2D eigenvalue weighted by Gasteiger charge is -2.22. The lowest BCUT2D eigenvalue weighted by atomic mass is 9.92. The summed E-state index contributed by atoms with van der Waals surface area (Å²) in [4.78, 5) is 0. The molecule has 1 aliphatic rings. The number of phenolic OH excluding ortho intramolecular Hbond substituents is 1. The molecular formula is C12H15Br3ClNO. The molecule has 1 fully saturated rings. The molecule has 0 unspecified atom stereocenters. The first kappa shape index (κ1) is 16.8. The quantitative estimate of drug-likeness (QED) is 0.625. The van der Waals surface area contributed by atoms with Crippen LogP contribution in [0.2, 0.25) is 0 Å². The zero-order valence-corrected chi connectivity index (χ0v) is 15.2. The Bertz CT molecular complexity index is 436. The van der Waals surface area contributed by atoms with Gasteiger partial charge in [0.15, 0.2) is 0 Å². The maximum Gasteiger partial charge on any atom is 0.144 e. The number of phenols is 1. The number of halogens is 4. The summed E-state index contributed by atoms with van der Waals surface area (Å²) >= 11 is 10.3. The van der Waals surface area contributed by atoms with Crippen LogP contribution in [0.15, 0.2) is 19.5 Å². The molecule has 0 saturated heterocycles. The fourth-order valence-corrected chi connectivity index (χ4v) is 5.10. The Labute approximate surface area is 139 Å². The first-order chi connectivity index (χ1) is 8.02. The highest BCUT2D eigenvalue weighted by Gasteiger charge is 2.27. The number of nitrogens with two attached hydrogens (primary N) is 1. The van der Waals surface area contributed by atoms with Gasteiger partial charge in [-0.05, 0) is 56.7 Å². The minimum absolute atomic E-state index is 0. The summed E-state index contributed by atoms with van der Waals surface area (Å²) in [5.41, 5.74) is 7.30. The van der Waals surface area contributed by atoms with Crippen molar-refractivity contribution in [1.82, 2.24) is 0 Å². The Hall–Kier alpha value is 0.710. The van der Waals surface area contributed by atoms with Crippen molar-refractivity contribution in [3.05, 3.63) is 25.0 Å². The summed E-state index contributed by atoms with van der Waals surface area (Å²) in [7, 11) is 0. The van der Waals surface area contributed by atoms with Crippen LogP contribution in [0.4, 0.5) is 0 Å². The summed E-state index contributed by atoms with van der Waals surface area (Å²) < 4.78 is 2.30. The third-order valence-corrected chi connectivity index (χ3v) is 5.49. The summed E-state index contributed by atoms with van der Waals surface area (Å²) in [5, 5.41) is 9.93. The van der Waals surface area contributed by atoms with Gasteiger partial charge in [0.2, 0.25) is 0 Å². The Morgan fingerprint density at radius 1 is 1.17 bits per heavy atom. The van der Waals surface area contributed by atoms with E-state index in [-0.39, 0.29) is 24.2 Å². The molecule has 2 nitrogen and oxygen atoms in total. The van der Waals surface area contributed by atoms with E-state index in [1.165, 1.54) is 25.7 Å². The van der Waals surface area contributed by atoms with Crippen molar-refractivity contribution in [3.8, 4) is 5.75 Å². The molecule has 0 heterocycles. The van der Waals surface area contributed by atoms with Gasteiger partial charge < -0.3 is 10.8 Å². The second kappa shape index (κ2) is 6.93. The van der Waals surface area contributed by atoms with Gasteiger partial charge in [0.25, 0.3) is 0 Å². The fraction of sp³-hybridized carbons (Fsp3) is 0.500. The van der Waals surface area contributed by atoms with Crippen LogP contribution in [-0.4, -0.2) is 5.11 Å². The van der Waals surface area contributed by atoms with Crippen LogP contribution in [0, 0.1) is 5.92 Å². The molecule has 0 aliphatic heterocycles. The Kier molecular flexibility index (Phi) is 6.46. The molecule has 1 saturated carbocycles. The van der Waals surface area contributed by atoms with E-state index in [0.717, 1.165) is 10.0 Å². The maximum atomic E-state index is 9.93. The zero-order chi connectivity index (χ0) is 12.6. The molecule has 0 aromatic heterocycles. The van der Waals surface area contributed by atoms with E-state index in [1.807, 2.05) is 6.07 Å². The van der Waals surface area contributed by atoms with Crippen molar-refractivity contribution in [2.24, 2.45) is 11.7 Å². The topological polar surface area (TPSA) is 46.2 Å². The molecule has 0 bridgehead atoms. The SMILES string of the molecule is Cl.N[C@@H](c1c(Br)cc(Br)c(O)c1Br)C1CCCC1. The van der Waals surface area contributed by atoms with Crippen molar-refractivity contribution < 1.29 is 5.11 Å². The molecule has 2 rings (SSSR count). The van der Waals surface area contributed by atoms with Crippen molar-refractivity contribution >= 4 is 60.2 Å². The van der Waals surface area contributed by atoms with E-state index >= 15 is 0 Å². The highest BCUT2D eigenvalue weighted by molar-refractivity contribution is 9.11. The van der Waals surface area contributed by atoms with E-state index in [0.29, 0.717) is 14.9 Å². The Morgan fingerprint density at radius 2 is 1.72 bits per heavy atom. The molecule has 102 valence electrons. The smallest absolute Gasteiger partial charge is 0.144 e. The second-order valence-electron chi connectivity index (χ2n) is 4.49. The number of aromatic hydroxyl groups is 1. The minimum atomic E-state index is -0.0275. The molecular weight excluding hydrogens is 449 g/mol. The van der Waals surface area contributed by atoms with Gasteiger partial charge in [-0.1, -0.05) is 28.8 Å². The van der Waals surface area contributed by atoms with E-state index in [9.17, 15) is 5.11 Å². The molecule has 6 heteroatoms. The maximum absolute atomic E-state index is 9.93. The molecule has 18 heavy (non-hydrogen) atoms. The van der Waals surface area contributed by atoms with Crippen LogP contribution in [0.3, 0.4) is 0 Å². The van der Waals surface area contributed by atoms with Crippen molar-refractivity contribution in [3.63, 3.8) is 0 Å². The average Bonchev–Trinajstić information content (AvgIpc) is 2.79. The van der Waals surface area contributed by atoms with E-state index < -0.39 is 0 Å². The summed E-state index contributed by atoms with van der Waals surface area (Å²) in [5.74, 6) is 0.736. The van der Waals surface area contributed by atoms with Gasteiger partial charge in [-0.2, -0.15) is 0 Å². The average molecular weight is 464 g/mol. The zero-order valence-electron chi connectivity index (χ0n) is 9.63. The molecule has 1 aliphatic carbocycles. The van der Waals surface area contributed by atoms with E-state index in [1.54, 1.807) is 0 Å². The van der Waals surface area contributed by atoms with Crippen LogP contribution < -0.4 is 5.73 Å². The Balaban J connectivity index is 0.00000162. The van der Waals surface area contributed by atoms with Gasteiger partial charge in [0, 0.05) is 16.1 Å². The number of hydrogen-bond acceptors (Lipinski definition) is 2. The van der Waals surface area contributed by atoms with Crippen LogP contribution in [0.1, 0.15) is 37.3 Å². The van der Waals surface area contributed by atoms with Crippen molar-refractivity contribution in [2.75, 3.05) is 0 Å². The summed E-state index contributed by atoms with van der Waals surface area (Å²) in [6.45, 7) is 0. The van der Waals surface area contributed by atoms with Gasteiger partial charge >= 0.3 is 0 Å². The van der Waals surface area contributed by atoms with Crippen LogP contribution in [0.5, 0.6) is 5.75 Å². The molecule has 0 spiro atoms. The van der Waals surface area contributed by atoms with E-state index in [2.05, 4.69) is 47.8 Å². The lowest BCUT2D eigenvalue weighted by Crippen LogP contribution is -2.20. The highest BCUT2D eigenvalue weighted by Crippen LogP contribution is 2.45. The van der Waals surface area contributed by atoms with Gasteiger partial charge in [-0.15, -0.1) is 12.4 Å². The van der Waals surface area contributed by atoms with Crippen molar-refractivity contribution in [2.45, 2.75) is 31.7 Å². The third kappa shape index (κ3) is 3.23. The number of benzene rings is 1. The Morgan fingerprint density at radius 3 is 2.28 bits per heavy atom. The predicted molar refractivity (Wildman–Crippen MR) is 87.3 cm³/mol. The van der Waals surface area contributed by atoms with Crippen LogP contribution in [-0.2, 0) is 0 Å².